The molecule has 0 aliphatic rings. The molecular formula is C14H19N3O3. The predicted molar refractivity (Wildman–Crippen MR) is 77.5 cm³/mol. The Hall–Kier alpha value is -2.08. The van der Waals surface area contributed by atoms with Crippen molar-refractivity contribution in [3.63, 3.8) is 0 Å². The molecule has 0 saturated heterocycles. The number of fused-ring (bicyclic) bond motifs is 1. The van der Waals surface area contributed by atoms with Crippen LogP contribution in [0.2, 0.25) is 0 Å². The topological polar surface area (TPSA) is 90.3 Å². The number of aryl methyl sites for hydroxylation is 1. The third-order valence-corrected chi connectivity index (χ3v) is 3.27. The number of aromatic nitrogens is 1. The van der Waals surface area contributed by atoms with Crippen molar-refractivity contribution >= 4 is 22.7 Å². The number of oxazole rings is 1. The highest BCUT2D eigenvalue weighted by Crippen LogP contribution is 2.21. The van der Waals surface area contributed by atoms with Crippen LogP contribution in [0, 0.1) is 5.41 Å². The highest BCUT2D eigenvalue weighted by atomic mass is 16.4. The first-order valence-electron chi connectivity index (χ1n) is 6.36. The number of carbonyl (C=O) groups is 1. The quantitative estimate of drug-likeness (QED) is 0.869. The second-order valence-corrected chi connectivity index (χ2v) is 5.94. The van der Waals surface area contributed by atoms with Crippen molar-refractivity contribution in [3.05, 3.63) is 28.7 Å². The summed E-state index contributed by atoms with van der Waals surface area (Å²) in [5.74, 6) is -0.694. The lowest BCUT2D eigenvalue weighted by atomic mass is 9.87. The smallest absolute Gasteiger partial charge is 0.408 e. The lowest BCUT2D eigenvalue weighted by molar-refractivity contribution is -0.119. The molecule has 3 N–H and O–H groups in total. The summed E-state index contributed by atoms with van der Waals surface area (Å²) in [5.41, 5.74) is 7.27. The van der Waals surface area contributed by atoms with Crippen molar-refractivity contribution in [2.45, 2.75) is 26.8 Å². The lowest BCUT2D eigenvalue weighted by Crippen LogP contribution is -2.45. The van der Waals surface area contributed by atoms with Gasteiger partial charge in [-0.05, 0) is 23.6 Å². The molecule has 2 rings (SSSR count). The Labute approximate surface area is 116 Å². The van der Waals surface area contributed by atoms with E-state index in [9.17, 15) is 9.59 Å². The van der Waals surface area contributed by atoms with E-state index < -0.39 is 11.8 Å². The van der Waals surface area contributed by atoms with Crippen LogP contribution >= 0.6 is 0 Å². The van der Waals surface area contributed by atoms with E-state index in [0.717, 1.165) is 0 Å². The van der Waals surface area contributed by atoms with Gasteiger partial charge in [-0.25, -0.2) is 4.79 Å². The van der Waals surface area contributed by atoms with Crippen LogP contribution in [0.4, 0.5) is 5.69 Å². The molecule has 0 bridgehead atoms. The standard InChI is InChI=1S/C14H19N3O3/c1-14(2,3)11(15)12(18)16-8-5-6-10-9(7-8)17(4)13(19)20-10/h5-7,11H,15H2,1-4H3,(H,16,18)/t11-/m1/s1. The van der Waals surface area contributed by atoms with Crippen molar-refractivity contribution in [3.8, 4) is 0 Å². The van der Waals surface area contributed by atoms with Crippen LogP contribution in [0.15, 0.2) is 27.4 Å². The van der Waals surface area contributed by atoms with E-state index in [0.29, 0.717) is 16.8 Å². The first-order chi connectivity index (χ1) is 9.20. The van der Waals surface area contributed by atoms with Gasteiger partial charge in [-0.1, -0.05) is 20.8 Å². The summed E-state index contributed by atoms with van der Waals surface area (Å²) >= 11 is 0. The zero-order valence-corrected chi connectivity index (χ0v) is 12.1. The molecule has 0 aliphatic heterocycles. The van der Waals surface area contributed by atoms with Gasteiger partial charge in [0.2, 0.25) is 5.91 Å². The number of hydrogen-bond donors (Lipinski definition) is 2. The van der Waals surface area contributed by atoms with Crippen molar-refractivity contribution in [1.82, 2.24) is 4.57 Å². The highest BCUT2D eigenvalue weighted by molar-refractivity contribution is 5.96. The number of benzene rings is 1. The SMILES string of the molecule is Cn1c(=O)oc2ccc(NC(=O)[C@@H](N)C(C)(C)C)cc21. The van der Waals surface area contributed by atoms with Crippen LogP contribution in [-0.2, 0) is 11.8 Å². The monoisotopic (exact) mass is 277 g/mol. The number of nitrogens with two attached hydrogens (primary N) is 1. The summed E-state index contributed by atoms with van der Waals surface area (Å²) in [7, 11) is 1.61. The van der Waals surface area contributed by atoms with Crippen LogP contribution in [0.1, 0.15) is 20.8 Å². The minimum Gasteiger partial charge on any atom is -0.408 e. The molecular weight excluding hydrogens is 258 g/mol. The average Bonchev–Trinajstić information content (AvgIpc) is 2.63. The van der Waals surface area contributed by atoms with Gasteiger partial charge in [-0.3, -0.25) is 9.36 Å². The van der Waals surface area contributed by atoms with Crippen LogP contribution in [0.5, 0.6) is 0 Å². The predicted octanol–water partition coefficient (Wildman–Crippen LogP) is 1.44. The molecule has 6 heteroatoms. The molecule has 0 fully saturated rings. The molecule has 108 valence electrons. The van der Waals surface area contributed by atoms with Gasteiger partial charge in [-0.15, -0.1) is 0 Å². The van der Waals surface area contributed by atoms with Crippen LogP contribution < -0.4 is 16.8 Å². The van der Waals surface area contributed by atoms with Crippen molar-refractivity contribution in [2.75, 3.05) is 5.32 Å². The maximum absolute atomic E-state index is 12.1. The first-order valence-corrected chi connectivity index (χ1v) is 6.36. The molecule has 1 aromatic carbocycles. The molecule has 0 unspecified atom stereocenters. The number of amides is 1. The Balaban J connectivity index is 2.29. The van der Waals surface area contributed by atoms with Crippen LogP contribution in [-0.4, -0.2) is 16.5 Å². The largest absolute Gasteiger partial charge is 0.419 e. The molecule has 2 aromatic rings. The van der Waals surface area contributed by atoms with Crippen molar-refractivity contribution < 1.29 is 9.21 Å². The Morgan fingerprint density at radius 2 is 2.05 bits per heavy atom. The van der Waals surface area contributed by atoms with E-state index in [-0.39, 0.29) is 11.3 Å². The number of carbonyl (C=O) groups excluding carboxylic acids is 1. The molecule has 6 nitrogen and oxygen atoms in total. The minimum absolute atomic E-state index is 0.259. The van der Waals surface area contributed by atoms with E-state index in [1.54, 1.807) is 25.2 Å². The van der Waals surface area contributed by atoms with E-state index in [4.69, 9.17) is 10.2 Å². The number of nitrogens with one attached hydrogen (secondary N) is 1. The van der Waals surface area contributed by atoms with Gasteiger partial charge in [0.05, 0.1) is 11.6 Å². The number of rotatable bonds is 2. The average molecular weight is 277 g/mol. The lowest BCUT2D eigenvalue weighted by Gasteiger charge is -2.25. The Morgan fingerprint density at radius 3 is 2.65 bits per heavy atom. The third-order valence-electron chi connectivity index (χ3n) is 3.27. The van der Waals surface area contributed by atoms with Crippen molar-refractivity contribution in [1.29, 1.82) is 0 Å². The van der Waals surface area contributed by atoms with Crippen LogP contribution in [0.25, 0.3) is 11.1 Å². The molecule has 0 saturated carbocycles. The maximum atomic E-state index is 12.1. The minimum atomic E-state index is -0.619. The molecule has 0 aliphatic carbocycles. The van der Waals surface area contributed by atoms with Crippen molar-refractivity contribution in [2.24, 2.45) is 18.2 Å². The van der Waals surface area contributed by atoms with E-state index in [2.05, 4.69) is 5.32 Å². The van der Waals surface area contributed by atoms with Gasteiger partial charge in [0.15, 0.2) is 5.58 Å². The fourth-order valence-corrected chi connectivity index (χ4v) is 1.82. The fraction of sp³-hybridized carbons (Fsp3) is 0.429. The van der Waals surface area contributed by atoms with Gasteiger partial charge in [0, 0.05) is 12.7 Å². The Morgan fingerprint density at radius 1 is 1.40 bits per heavy atom. The summed E-state index contributed by atoms with van der Waals surface area (Å²) in [5, 5.41) is 2.76. The van der Waals surface area contributed by atoms with Gasteiger partial charge in [0.1, 0.15) is 0 Å². The zero-order valence-electron chi connectivity index (χ0n) is 12.1. The second kappa shape index (κ2) is 4.79. The van der Waals surface area contributed by atoms with E-state index >= 15 is 0 Å². The third kappa shape index (κ3) is 2.60. The first kappa shape index (κ1) is 14.3. The summed E-state index contributed by atoms with van der Waals surface area (Å²) < 4.78 is 6.41. The second-order valence-electron chi connectivity index (χ2n) is 5.94. The molecule has 1 atom stereocenters. The van der Waals surface area contributed by atoms with Gasteiger partial charge < -0.3 is 15.5 Å². The molecule has 1 aromatic heterocycles. The molecule has 0 radical (unpaired) electrons. The fourth-order valence-electron chi connectivity index (χ4n) is 1.82. The van der Waals surface area contributed by atoms with Gasteiger partial charge >= 0.3 is 5.76 Å². The Kier molecular flexibility index (Phi) is 3.43. The maximum Gasteiger partial charge on any atom is 0.419 e. The van der Waals surface area contributed by atoms with Gasteiger partial charge in [-0.2, -0.15) is 0 Å². The molecule has 20 heavy (non-hydrogen) atoms. The number of nitrogens with zero attached hydrogens (tertiary/aromatic N) is 1. The molecule has 1 heterocycles. The molecule has 1 amide bonds. The van der Waals surface area contributed by atoms with Crippen LogP contribution in [0.3, 0.4) is 0 Å². The summed E-state index contributed by atoms with van der Waals surface area (Å²) in [4.78, 5) is 23.5. The highest BCUT2D eigenvalue weighted by Gasteiger charge is 2.27. The zero-order chi connectivity index (χ0) is 15.1. The van der Waals surface area contributed by atoms with E-state index in [1.165, 1.54) is 4.57 Å². The normalized spacial score (nSPS) is 13.4. The molecule has 0 spiro atoms. The van der Waals surface area contributed by atoms with Gasteiger partial charge in [0.25, 0.3) is 0 Å². The number of hydrogen-bond acceptors (Lipinski definition) is 4. The number of anilines is 1. The summed E-state index contributed by atoms with van der Waals surface area (Å²) in [6.45, 7) is 5.71. The van der Waals surface area contributed by atoms with E-state index in [1.807, 2.05) is 20.8 Å². The summed E-state index contributed by atoms with van der Waals surface area (Å²) in [6, 6.07) is 4.40. The summed E-state index contributed by atoms with van der Waals surface area (Å²) in [6.07, 6.45) is 0. The Bertz CT molecular complexity index is 707.